The fourth-order valence-electron chi connectivity index (χ4n) is 2.07. The van der Waals surface area contributed by atoms with Crippen LogP contribution in [0, 0.1) is 0 Å². The summed E-state index contributed by atoms with van der Waals surface area (Å²) in [5.74, 6) is -0.115. The molecule has 2 rings (SSSR count). The molecule has 18 heavy (non-hydrogen) atoms. The third kappa shape index (κ3) is 3.01. The predicted octanol–water partition coefficient (Wildman–Crippen LogP) is 1.55. The number of fused-ring (bicyclic) bond motifs is 1. The van der Waals surface area contributed by atoms with Gasteiger partial charge in [-0.3, -0.25) is 4.79 Å². The number of aryl methyl sites for hydroxylation is 1. The van der Waals surface area contributed by atoms with Gasteiger partial charge in [-0.05, 0) is 43.0 Å². The maximum absolute atomic E-state index is 11.9. The van der Waals surface area contributed by atoms with E-state index < -0.39 is 6.10 Å². The number of carbonyl (C=O) groups is 1. The van der Waals surface area contributed by atoms with Crippen molar-refractivity contribution in [2.75, 3.05) is 18.4 Å². The van der Waals surface area contributed by atoms with Crippen LogP contribution in [0.5, 0.6) is 0 Å². The Bertz CT molecular complexity index is 432. The zero-order chi connectivity index (χ0) is 13.0. The van der Waals surface area contributed by atoms with Gasteiger partial charge in [0.1, 0.15) is 0 Å². The van der Waals surface area contributed by atoms with Crippen molar-refractivity contribution >= 4 is 11.6 Å². The van der Waals surface area contributed by atoms with Gasteiger partial charge in [-0.15, -0.1) is 0 Å². The Morgan fingerprint density at radius 3 is 3.17 bits per heavy atom. The normalized spacial score (nSPS) is 15.4. The molecule has 0 fully saturated rings. The van der Waals surface area contributed by atoms with E-state index in [1.54, 1.807) is 0 Å². The van der Waals surface area contributed by atoms with E-state index in [1.165, 1.54) is 5.56 Å². The van der Waals surface area contributed by atoms with Gasteiger partial charge in [0.05, 0.1) is 6.10 Å². The van der Waals surface area contributed by atoms with Crippen LogP contribution in [0.15, 0.2) is 18.2 Å². The minimum absolute atomic E-state index is 0.115. The predicted molar refractivity (Wildman–Crippen MR) is 71.9 cm³/mol. The monoisotopic (exact) mass is 248 g/mol. The number of rotatable bonds is 4. The molecule has 0 bridgehead atoms. The van der Waals surface area contributed by atoms with E-state index in [2.05, 4.69) is 10.6 Å². The van der Waals surface area contributed by atoms with Crippen molar-refractivity contribution in [3.8, 4) is 0 Å². The SMILES string of the molecule is CCC(O)CNC(=O)c1ccc2c(c1)CCCN2. The molecule has 0 radical (unpaired) electrons. The van der Waals surface area contributed by atoms with Crippen LogP contribution in [0.2, 0.25) is 0 Å². The van der Waals surface area contributed by atoms with Crippen LogP contribution in [0.25, 0.3) is 0 Å². The summed E-state index contributed by atoms with van der Waals surface area (Å²) in [5.41, 5.74) is 3.00. The van der Waals surface area contributed by atoms with E-state index in [-0.39, 0.29) is 5.91 Å². The van der Waals surface area contributed by atoms with Crippen molar-refractivity contribution in [1.82, 2.24) is 5.32 Å². The molecule has 0 aromatic heterocycles. The topological polar surface area (TPSA) is 61.4 Å². The first-order valence-electron chi connectivity index (χ1n) is 6.53. The number of carbonyl (C=O) groups excluding carboxylic acids is 1. The largest absolute Gasteiger partial charge is 0.391 e. The second-order valence-electron chi connectivity index (χ2n) is 4.67. The molecule has 1 unspecified atom stereocenters. The average Bonchev–Trinajstić information content (AvgIpc) is 2.43. The van der Waals surface area contributed by atoms with Crippen LogP contribution in [-0.2, 0) is 6.42 Å². The van der Waals surface area contributed by atoms with Gasteiger partial charge in [0.15, 0.2) is 0 Å². The van der Waals surface area contributed by atoms with E-state index >= 15 is 0 Å². The first kappa shape index (κ1) is 12.9. The lowest BCUT2D eigenvalue weighted by molar-refractivity contribution is 0.0914. The van der Waals surface area contributed by atoms with Gasteiger partial charge in [0, 0.05) is 24.3 Å². The molecule has 4 heteroatoms. The van der Waals surface area contributed by atoms with Gasteiger partial charge >= 0.3 is 0 Å². The third-order valence-corrected chi connectivity index (χ3v) is 3.28. The number of aliphatic hydroxyl groups excluding tert-OH is 1. The van der Waals surface area contributed by atoms with Crippen LogP contribution in [0.4, 0.5) is 5.69 Å². The molecule has 0 saturated carbocycles. The molecule has 0 aliphatic carbocycles. The van der Waals surface area contributed by atoms with Crippen LogP contribution in [-0.4, -0.2) is 30.2 Å². The van der Waals surface area contributed by atoms with Crippen molar-refractivity contribution in [1.29, 1.82) is 0 Å². The minimum atomic E-state index is -0.465. The molecule has 1 heterocycles. The summed E-state index contributed by atoms with van der Waals surface area (Å²) in [5, 5.41) is 15.5. The van der Waals surface area contributed by atoms with Gasteiger partial charge in [-0.1, -0.05) is 6.92 Å². The maximum atomic E-state index is 11.9. The summed E-state index contributed by atoms with van der Waals surface area (Å²) in [6, 6.07) is 5.72. The standard InChI is InChI=1S/C14H20N2O2/c1-2-12(17)9-16-14(18)11-5-6-13-10(8-11)4-3-7-15-13/h5-6,8,12,15,17H,2-4,7,9H2,1H3,(H,16,18). The third-order valence-electron chi connectivity index (χ3n) is 3.28. The van der Waals surface area contributed by atoms with Crippen molar-refractivity contribution in [3.63, 3.8) is 0 Å². The van der Waals surface area contributed by atoms with Crippen molar-refractivity contribution < 1.29 is 9.90 Å². The summed E-state index contributed by atoms with van der Waals surface area (Å²) >= 11 is 0. The molecule has 1 aliphatic heterocycles. The lowest BCUT2D eigenvalue weighted by Crippen LogP contribution is -2.31. The first-order valence-corrected chi connectivity index (χ1v) is 6.53. The van der Waals surface area contributed by atoms with E-state index in [0.29, 0.717) is 18.5 Å². The van der Waals surface area contributed by atoms with E-state index in [1.807, 2.05) is 25.1 Å². The molecule has 98 valence electrons. The Balaban J connectivity index is 2.02. The lowest BCUT2D eigenvalue weighted by atomic mass is 10.0. The quantitative estimate of drug-likeness (QED) is 0.757. The Hall–Kier alpha value is -1.55. The Labute approximate surface area is 107 Å². The molecular weight excluding hydrogens is 228 g/mol. The number of nitrogens with one attached hydrogen (secondary N) is 2. The summed E-state index contributed by atoms with van der Waals surface area (Å²) in [6.07, 6.45) is 2.30. The van der Waals surface area contributed by atoms with Crippen LogP contribution in [0.3, 0.4) is 0 Å². The average molecular weight is 248 g/mol. The molecule has 3 N–H and O–H groups in total. The highest BCUT2D eigenvalue weighted by molar-refractivity contribution is 5.95. The summed E-state index contributed by atoms with van der Waals surface area (Å²) < 4.78 is 0. The smallest absolute Gasteiger partial charge is 0.251 e. The van der Waals surface area contributed by atoms with Crippen molar-refractivity contribution in [3.05, 3.63) is 29.3 Å². The molecule has 0 spiro atoms. The summed E-state index contributed by atoms with van der Waals surface area (Å²) in [4.78, 5) is 11.9. The minimum Gasteiger partial charge on any atom is -0.391 e. The zero-order valence-electron chi connectivity index (χ0n) is 10.7. The van der Waals surface area contributed by atoms with Crippen LogP contribution < -0.4 is 10.6 Å². The van der Waals surface area contributed by atoms with Crippen molar-refractivity contribution in [2.45, 2.75) is 32.3 Å². The van der Waals surface area contributed by atoms with Crippen LogP contribution >= 0.6 is 0 Å². The van der Waals surface area contributed by atoms with Crippen molar-refractivity contribution in [2.24, 2.45) is 0 Å². The number of amides is 1. The van der Waals surface area contributed by atoms with Gasteiger partial charge in [-0.25, -0.2) is 0 Å². The summed E-state index contributed by atoms with van der Waals surface area (Å²) in [6.45, 7) is 3.20. The lowest BCUT2D eigenvalue weighted by Gasteiger charge is -2.18. The molecule has 1 atom stereocenters. The van der Waals surface area contributed by atoms with Gasteiger partial charge in [0.25, 0.3) is 5.91 Å². The molecule has 1 amide bonds. The molecular formula is C14H20N2O2. The zero-order valence-corrected chi connectivity index (χ0v) is 10.7. The Morgan fingerprint density at radius 1 is 1.56 bits per heavy atom. The molecule has 1 aliphatic rings. The fourth-order valence-corrected chi connectivity index (χ4v) is 2.07. The second kappa shape index (κ2) is 5.87. The Morgan fingerprint density at radius 2 is 2.39 bits per heavy atom. The number of hydrogen-bond acceptors (Lipinski definition) is 3. The van der Waals surface area contributed by atoms with Crippen LogP contribution in [0.1, 0.15) is 35.7 Å². The highest BCUT2D eigenvalue weighted by Gasteiger charge is 2.12. The number of anilines is 1. The molecule has 4 nitrogen and oxygen atoms in total. The number of benzene rings is 1. The molecule has 0 saturated heterocycles. The highest BCUT2D eigenvalue weighted by Crippen LogP contribution is 2.22. The van der Waals surface area contributed by atoms with Gasteiger partial charge < -0.3 is 15.7 Å². The van der Waals surface area contributed by atoms with E-state index in [4.69, 9.17) is 0 Å². The van der Waals surface area contributed by atoms with Gasteiger partial charge in [-0.2, -0.15) is 0 Å². The molecule has 1 aromatic carbocycles. The van der Waals surface area contributed by atoms with E-state index in [0.717, 1.165) is 25.1 Å². The molecule has 1 aromatic rings. The summed E-state index contributed by atoms with van der Waals surface area (Å²) in [7, 11) is 0. The maximum Gasteiger partial charge on any atom is 0.251 e. The number of hydrogen-bond donors (Lipinski definition) is 3. The Kier molecular flexibility index (Phi) is 4.20. The fraction of sp³-hybridized carbons (Fsp3) is 0.500. The van der Waals surface area contributed by atoms with E-state index in [9.17, 15) is 9.90 Å². The first-order chi connectivity index (χ1) is 8.70. The number of aliphatic hydroxyl groups is 1. The van der Waals surface area contributed by atoms with Gasteiger partial charge in [0.2, 0.25) is 0 Å². The second-order valence-corrected chi connectivity index (χ2v) is 4.67. The highest BCUT2D eigenvalue weighted by atomic mass is 16.3.